The van der Waals surface area contributed by atoms with E-state index in [9.17, 15) is 4.79 Å². The second-order valence-corrected chi connectivity index (χ2v) is 12.0. The highest BCUT2D eigenvalue weighted by Crippen LogP contribution is 2.33. The number of ether oxygens (including phenoxy) is 3. The van der Waals surface area contributed by atoms with Gasteiger partial charge < -0.3 is 23.6 Å². The molecule has 1 aliphatic rings. The van der Waals surface area contributed by atoms with E-state index < -0.39 is 5.60 Å². The van der Waals surface area contributed by atoms with E-state index in [1.807, 2.05) is 57.2 Å². The second kappa shape index (κ2) is 12.9. The van der Waals surface area contributed by atoms with E-state index in [1.165, 1.54) is 10.8 Å². The van der Waals surface area contributed by atoms with Gasteiger partial charge in [-0.3, -0.25) is 4.98 Å². The largest absolute Gasteiger partial charge is 0.484 e. The molecular formula is C35H36N4O5. The maximum Gasteiger partial charge on any atom is 0.410 e. The maximum absolute atomic E-state index is 13.0. The molecule has 226 valence electrons. The number of benzene rings is 3. The summed E-state index contributed by atoms with van der Waals surface area (Å²) in [7, 11) is 0. The molecule has 0 aliphatic carbocycles. The summed E-state index contributed by atoms with van der Waals surface area (Å²) in [6.07, 6.45) is 3.61. The fourth-order valence-corrected chi connectivity index (χ4v) is 5.37. The number of hydrogen-bond donors (Lipinski definition) is 0. The first-order valence-corrected chi connectivity index (χ1v) is 14.8. The van der Waals surface area contributed by atoms with E-state index >= 15 is 0 Å². The zero-order chi connectivity index (χ0) is 30.5. The quantitative estimate of drug-likeness (QED) is 0.187. The number of likely N-dealkylation sites (tertiary alicyclic amines) is 1. The number of fused-ring (bicyclic) bond motifs is 1. The molecule has 2 atom stereocenters. The summed E-state index contributed by atoms with van der Waals surface area (Å²) in [5.41, 5.74) is 2.43. The molecule has 0 N–H and O–H groups in total. The summed E-state index contributed by atoms with van der Waals surface area (Å²) in [4.78, 5) is 23.2. The van der Waals surface area contributed by atoms with Crippen molar-refractivity contribution in [2.75, 3.05) is 13.1 Å². The minimum atomic E-state index is -0.563. The zero-order valence-corrected chi connectivity index (χ0v) is 25.2. The van der Waals surface area contributed by atoms with Crippen molar-refractivity contribution in [1.29, 1.82) is 0 Å². The predicted octanol–water partition coefficient (Wildman–Crippen LogP) is 7.17. The van der Waals surface area contributed by atoms with E-state index in [-0.39, 0.29) is 24.7 Å². The summed E-state index contributed by atoms with van der Waals surface area (Å²) >= 11 is 0. The lowest BCUT2D eigenvalue weighted by Gasteiger charge is -2.39. The van der Waals surface area contributed by atoms with Crippen LogP contribution in [0.1, 0.15) is 50.1 Å². The third kappa shape index (κ3) is 7.23. The van der Waals surface area contributed by atoms with Crippen LogP contribution in [0.25, 0.3) is 22.2 Å². The number of carbonyl (C=O) groups excluding carboxylic acids is 1. The molecule has 9 heteroatoms. The van der Waals surface area contributed by atoms with Gasteiger partial charge in [0, 0.05) is 30.4 Å². The van der Waals surface area contributed by atoms with Crippen LogP contribution < -0.4 is 4.74 Å². The van der Waals surface area contributed by atoms with Crippen LogP contribution in [0.15, 0.2) is 95.8 Å². The molecule has 3 heterocycles. The maximum atomic E-state index is 13.0. The number of piperidine rings is 1. The minimum Gasteiger partial charge on any atom is -0.484 e. The first kappa shape index (κ1) is 29.3. The Morgan fingerprint density at radius 1 is 0.977 bits per heavy atom. The SMILES string of the molecule is CC(C)(C)OC(=O)N1CCC(c2ccc(OCc3nc(-c4cccnc4)no3)cc2)C(OCc2ccc3ccccc3c2)C1. The van der Waals surface area contributed by atoms with Crippen LogP contribution in [-0.4, -0.2) is 50.9 Å². The highest BCUT2D eigenvalue weighted by molar-refractivity contribution is 5.82. The first-order valence-electron chi connectivity index (χ1n) is 14.8. The van der Waals surface area contributed by atoms with Crippen molar-refractivity contribution in [2.24, 2.45) is 0 Å². The van der Waals surface area contributed by atoms with E-state index in [0.29, 0.717) is 37.2 Å². The van der Waals surface area contributed by atoms with Crippen LogP contribution in [0.5, 0.6) is 5.75 Å². The Morgan fingerprint density at radius 3 is 2.57 bits per heavy atom. The molecule has 5 aromatic rings. The zero-order valence-electron chi connectivity index (χ0n) is 25.2. The van der Waals surface area contributed by atoms with Crippen molar-refractivity contribution in [3.8, 4) is 17.1 Å². The summed E-state index contributed by atoms with van der Waals surface area (Å²) in [6, 6.07) is 26.4. The minimum absolute atomic E-state index is 0.0983. The molecule has 0 spiro atoms. The average molecular weight is 593 g/mol. The molecule has 0 saturated carbocycles. The number of aromatic nitrogens is 3. The van der Waals surface area contributed by atoms with Gasteiger partial charge >= 0.3 is 6.09 Å². The van der Waals surface area contributed by atoms with Gasteiger partial charge in [0.1, 0.15) is 11.4 Å². The van der Waals surface area contributed by atoms with E-state index in [2.05, 4.69) is 57.6 Å². The molecular weight excluding hydrogens is 556 g/mol. The molecule has 2 aromatic heterocycles. The number of nitrogens with zero attached hydrogens (tertiary/aromatic N) is 4. The average Bonchev–Trinajstić information content (AvgIpc) is 3.52. The number of hydrogen-bond acceptors (Lipinski definition) is 8. The Kier molecular flexibility index (Phi) is 8.56. The third-order valence-corrected chi connectivity index (χ3v) is 7.55. The number of pyridine rings is 1. The Bertz CT molecular complexity index is 1700. The van der Waals surface area contributed by atoms with E-state index in [1.54, 1.807) is 17.3 Å². The number of carbonyl (C=O) groups is 1. The van der Waals surface area contributed by atoms with Gasteiger partial charge in [0.2, 0.25) is 5.82 Å². The Morgan fingerprint density at radius 2 is 1.80 bits per heavy atom. The normalized spacial score (nSPS) is 17.0. The summed E-state index contributed by atoms with van der Waals surface area (Å²) < 4.78 is 23.5. The van der Waals surface area contributed by atoms with Gasteiger partial charge in [-0.15, -0.1) is 0 Å². The molecule has 6 rings (SSSR count). The monoisotopic (exact) mass is 592 g/mol. The molecule has 3 aromatic carbocycles. The Labute approximate surface area is 256 Å². The topological polar surface area (TPSA) is 99.8 Å². The van der Waals surface area contributed by atoms with Crippen LogP contribution in [0.3, 0.4) is 0 Å². The van der Waals surface area contributed by atoms with Gasteiger partial charge in [0.25, 0.3) is 5.89 Å². The van der Waals surface area contributed by atoms with Crippen LogP contribution in [0.4, 0.5) is 4.79 Å². The van der Waals surface area contributed by atoms with Gasteiger partial charge in [-0.1, -0.05) is 53.7 Å². The van der Waals surface area contributed by atoms with Crippen LogP contribution in [-0.2, 0) is 22.7 Å². The molecule has 1 amide bonds. The fraction of sp³-hybridized carbons (Fsp3) is 0.314. The summed E-state index contributed by atoms with van der Waals surface area (Å²) in [6.45, 7) is 7.28. The Hall–Kier alpha value is -4.76. The lowest BCUT2D eigenvalue weighted by Crippen LogP contribution is -2.48. The fourth-order valence-electron chi connectivity index (χ4n) is 5.37. The van der Waals surface area contributed by atoms with Crippen LogP contribution in [0.2, 0.25) is 0 Å². The molecule has 2 unspecified atom stereocenters. The van der Waals surface area contributed by atoms with Gasteiger partial charge in [-0.2, -0.15) is 4.98 Å². The predicted molar refractivity (Wildman–Crippen MR) is 166 cm³/mol. The smallest absolute Gasteiger partial charge is 0.410 e. The highest BCUT2D eigenvalue weighted by atomic mass is 16.6. The van der Waals surface area contributed by atoms with Gasteiger partial charge in [0.15, 0.2) is 6.61 Å². The number of rotatable bonds is 8. The highest BCUT2D eigenvalue weighted by Gasteiger charge is 2.35. The van der Waals surface area contributed by atoms with Crippen LogP contribution >= 0.6 is 0 Å². The summed E-state index contributed by atoms with van der Waals surface area (Å²) in [5, 5.41) is 6.38. The van der Waals surface area contributed by atoms with E-state index in [0.717, 1.165) is 23.1 Å². The molecule has 0 radical (unpaired) electrons. The van der Waals surface area contributed by atoms with Crippen molar-refractivity contribution >= 4 is 16.9 Å². The van der Waals surface area contributed by atoms with Gasteiger partial charge in [0.05, 0.1) is 19.3 Å². The van der Waals surface area contributed by atoms with E-state index in [4.69, 9.17) is 18.7 Å². The lowest BCUT2D eigenvalue weighted by atomic mass is 9.87. The van der Waals surface area contributed by atoms with Crippen LogP contribution in [0, 0.1) is 0 Å². The standard InChI is InChI=1S/C35H36N4O5/c1-35(2,3)43-34(40)39-18-16-30(31(21-39)42-22-24-10-11-25-7-4-5-8-27(25)19-24)26-12-14-29(15-13-26)41-23-32-37-33(38-44-32)28-9-6-17-36-20-28/h4-15,17,19-20,30-31H,16,18,21-23H2,1-3H3. The molecule has 1 fully saturated rings. The molecule has 44 heavy (non-hydrogen) atoms. The molecule has 9 nitrogen and oxygen atoms in total. The molecule has 0 bridgehead atoms. The third-order valence-electron chi connectivity index (χ3n) is 7.55. The van der Waals surface area contributed by atoms with Crippen molar-refractivity contribution in [1.82, 2.24) is 20.0 Å². The number of amides is 1. The van der Waals surface area contributed by atoms with Crippen molar-refractivity contribution in [2.45, 2.75) is 58.0 Å². The van der Waals surface area contributed by atoms with Gasteiger partial charge in [-0.25, -0.2) is 4.79 Å². The molecule has 1 saturated heterocycles. The van der Waals surface area contributed by atoms with Crippen molar-refractivity contribution in [3.05, 3.63) is 108 Å². The Balaban J connectivity index is 1.13. The summed E-state index contributed by atoms with van der Waals surface area (Å²) in [5.74, 6) is 1.64. The second-order valence-electron chi connectivity index (χ2n) is 12.0. The van der Waals surface area contributed by atoms with Crippen molar-refractivity contribution in [3.63, 3.8) is 0 Å². The molecule has 1 aliphatic heterocycles. The lowest BCUT2D eigenvalue weighted by molar-refractivity contribution is -0.0359. The van der Waals surface area contributed by atoms with Gasteiger partial charge in [-0.05, 0) is 79.4 Å². The van der Waals surface area contributed by atoms with Crippen molar-refractivity contribution < 1.29 is 23.5 Å². The first-order chi connectivity index (χ1) is 21.3.